The molecule has 2 aromatic rings. The highest BCUT2D eigenvalue weighted by molar-refractivity contribution is 7.12. The Balaban J connectivity index is 1.99. The molecule has 112 valence electrons. The number of nitrogens with zero attached hydrogens (tertiary/aromatic N) is 4. The number of aromatic nitrogens is 3. The van der Waals surface area contributed by atoms with Crippen molar-refractivity contribution < 1.29 is 9.53 Å². The van der Waals surface area contributed by atoms with E-state index in [2.05, 4.69) is 15.3 Å². The van der Waals surface area contributed by atoms with E-state index in [4.69, 9.17) is 4.74 Å². The zero-order chi connectivity index (χ0) is 14.7. The van der Waals surface area contributed by atoms with Crippen molar-refractivity contribution in [2.75, 3.05) is 12.1 Å². The summed E-state index contributed by atoms with van der Waals surface area (Å²) in [5, 5.41) is 12.0. The third-order valence-corrected chi connectivity index (χ3v) is 4.70. The van der Waals surface area contributed by atoms with Gasteiger partial charge in [0.2, 0.25) is 0 Å². The Labute approximate surface area is 127 Å². The maximum atomic E-state index is 12.0. The van der Waals surface area contributed by atoms with Crippen LogP contribution in [0.1, 0.15) is 41.8 Å². The molecule has 21 heavy (non-hydrogen) atoms. The number of esters is 1. The summed E-state index contributed by atoms with van der Waals surface area (Å²) in [6.45, 7) is 0. The molecule has 0 bridgehead atoms. The number of hydrogen-bond donors (Lipinski definition) is 0. The zero-order valence-electron chi connectivity index (χ0n) is 11.9. The van der Waals surface area contributed by atoms with E-state index in [1.54, 1.807) is 11.0 Å². The van der Waals surface area contributed by atoms with Crippen LogP contribution in [0.25, 0.3) is 0 Å². The summed E-state index contributed by atoms with van der Waals surface area (Å²) in [5.74, 6) is -0.305. The van der Waals surface area contributed by atoms with Crippen LogP contribution in [0.4, 0.5) is 5.69 Å². The number of anilines is 1. The average molecular weight is 306 g/mol. The fourth-order valence-corrected chi connectivity index (χ4v) is 3.64. The van der Waals surface area contributed by atoms with Crippen LogP contribution in [0.2, 0.25) is 0 Å². The van der Waals surface area contributed by atoms with Crippen molar-refractivity contribution in [2.45, 2.75) is 38.1 Å². The molecule has 2 aromatic heterocycles. The first-order valence-electron chi connectivity index (χ1n) is 7.13. The Hall–Kier alpha value is -1.89. The molecule has 0 radical (unpaired) electrons. The number of methoxy groups -OCH3 is 1. The highest BCUT2D eigenvalue weighted by Crippen LogP contribution is 2.33. The summed E-state index contributed by atoms with van der Waals surface area (Å²) >= 11 is 1.39. The largest absolute Gasteiger partial charge is 0.465 e. The molecular weight excluding hydrogens is 288 g/mol. The second-order valence-corrected chi connectivity index (χ2v) is 6.00. The first kappa shape index (κ1) is 14.1. The highest BCUT2D eigenvalue weighted by Gasteiger charge is 2.28. The minimum Gasteiger partial charge on any atom is -0.465 e. The number of ether oxygens (including phenoxy) is 1. The third kappa shape index (κ3) is 2.78. The van der Waals surface area contributed by atoms with Crippen LogP contribution >= 0.6 is 11.3 Å². The monoisotopic (exact) mass is 306 g/mol. The predicted octanol–water partition coefficient (Wildman–Crippen LogP) is 2.73. The van der Waals surface area contributed by atoms with E-state index in [-0.39, 0.29) is 5.97 Å². The summed E-state index contributed by atoms with van der Waals surface area (Å²) in [7, 11) is 1.41. The van der Waals surface area contributed by atoms with Gasteiger partial charge in [0.15, 0.2) is 0 Å². The molecule has 0 aliphatic heterocycles. The number of rotatable bonds is 4. The van der Waals surface area contributed by atoms with E-state index >= 15 is 0 Å². The SMILES string of the molecule is COC(=O)c1sccc1N(C1CCCCC1)n1ccnn1. The van der Waals surface area contributed by atoms with Crippen LogP contribution in [-0.2, 0) is 4.74 Å². The number of thiophene rings is 1. The molecule has 1 aliphatic carbocycles. The topological polar surface area (TPSA) is 60.2 Å². The molecular formula is C14H18N4O2S. The Morgan fingerprint density at radius 2 is 2.24 bits per heavy atom. The summed E-state index contributed by atoms with van der Waals surface area (Å²) in [6.07, 6.45) is 9.33. The van der Waals surface area contributed by atoms with Crippen molar-refractivity contribution >= 4 is 23.0 Å². The van der Waals surface area contributed by atoms with Gasteiger partial charge in [-0.3, -0.25) is 5.01 Å². The standard InChI is InChI=1S/C14H18N4O2S/c1-20-14(19)13-12(7-10-21-13)18(17-9-8-15-16-17)11-5-3-2-4-6-11/h7-11H,2-6H2,1H3. The highest BCUT2D eigenvalue weighted by atomic mass is 32.1. The van der Waals surface area contributed by atoms with Gasteiger partial charge in [0.1, 0.15) is 4.88 Å². The molecule has 0 atom stereocenters. The maximum absolute atomic E-state index is 12.0. The quantitative estimate of drug-likeness (QED) is 0.813. The van der Waals surface area contributed by atoms with Crippen LogP contribution in [0, 0.1) is 0 Å². The third-order valence-electron chi connectivity index (χ3n) is 3.81. The maximum Gasteiger partial charge on any atom is 0.350 e. The average Bonchev–Trinajstić information content (AvgIpc) is 3.20. The number of carbonyl (C=O) groups excluding carboxylic acids is 1. The molecule has 3 rings (SSSR count). The van der Waals surface area contributed by atoms with E-state index in [1.807, 2.05) is 17.6 Å². The second-order valence-electron chi connectivity index (χ2n) is 5.09. The fourth-order valence-electron chi connectivity index (χ4n) is 2.85. The molecule has 0 N–H and O–H groups in total. The molecule has 1 fully saturated rings. The van der Waals surface area contributed by atoms with Gasteiger partial charge in [-0.25, -0.2) is 4.79 Å². The molecule has 6 nitrogen and oxygen atoms in total. The van der Waals surface area contributed by atoms with Gasteiger partial charge in [0.25, 0.3) is 0 Å². The van der Waals surface area contributed by atoms with Gasteiger partial charge >= 0.3 is 5.97 Å². The lowest BCUT2D eigenvalue weighted by molar-refractivity contribution is 0.0606. The van der Waals surface area contributed by atoms with Gasteiger partial charge in [0.05, 0.1) is 31.2 Å². The van der Waals surface area contributed by atoms with Crippen LogP contribution < -0.4 is 5.01 Å². The Bertz CT molecular complexity index is 590. The van der Waals surface area contributed by atoms with E-state index in [1.165, 1.54) is 37.7 Å². The van der Waals surface area contributed by atoms with Crippen molar-refractivity contribution in [1.29, 1.82) is 0 Å². The van der Waals surface area contributed by atoms with Gasteiger partial charge in [-0.15, -0.1) is 16.4 Å². The lowest BCUT2D eigenvalue weighted by atomic mass is 9.95. The molecule has 0 amide bonds. The Morgan fingerprint density at radius 3 is 2.90 bits per heavy atom. The van der Waals surface area contributed by atoms with Gasteiger partial charge in [0, 0.05) is 0 Å². The summed E-state index contributed by atoms with van der Waals surface area (Å²) in [4.78, 5) is 14.3. The molecule has 0 saturated heterocycles. The van der Waals surface area contributed by atoms with E-state index < -0.39 is 0 Å². The summed E-state index contributed by atoms with van der Waals surface area (Å²) in [5.41, 5.74) is 0.851. The van der Waals surface area contributed by atoms with Crippen molar-refractivity contribution in [3.05, 3.63) is 28.7 Å². The smallest absolute Gasteiger partial charge is 0.350 e. The Morgan fingerprint density at radius 1 is 1.43 bits per heavy atom. The van der Waals surface area contributed by atoms with Crippen molar-refractivity contribution in [3.8, 4) is 0 Å². The van der Waals surface area contributed by atoms with E-state index in [0.29, 0.717) is 10.9 Å². The molecule has 2 heterocycles. The van der Waals surface area contributed by atoms with Crippen LogP contribution in [0.5, 0.6) is 0 Å². The molecule has 1 saturated carbocycles. The second kappa shape index (κ2) is 6.26. The van der Waals surface area contributed by atoms with Crippen molar-refractivity contribution in [3.63, 3.8) is 0 Å². The lowest BCUT2D eigenvalue weighted by Gasteiger charge is -2.34. The Kier molecular flexibility index (Phi) is 4.19. The first-order chi connectivity index (χ1) is 10.3. The predicted molar refractivity (Wildman–Crippen MR) is 80.4 cm³/mol. The van der Waals surface area contributed by atoms with Gasteiger partial charge in [-0.2, -0.15) is 4.79 Å². The lowest BCUT2D eigenvalue weighted by Crippen LogP contribution is -2.41. The fraction of sp³-hybridized carbons (Fsp3) is 0.500. The number of carbonyl (C=O) groups is 1. The molecule has 0 spiro atoms. The minimum absolute atomic E-state index is 0.305. The molecule has 0 aromatic carbocycles. The first-order valence-corrected chi connectivity index (χ1v) is 8.01. The summed E-state index contributed by atoms with van der Waals surface area (Å²) < 4.78 is 4.89. The minimum atomic E-state index is -0.305. The van der Waals surface area contributed by atoms with Crippen LogP contribution in [-0.4, -0.2) is 34.2 Å². The summed E-state index contributed by atoms with van der Waals surface area (Å²) in [6, 6.07) is 2.28. The van der Waals surface area contributed by atoms with Crippen LogP contribution in [0.3, 0.4) is 0 Å². The molecule has 0 unspecified atom stereocenters. The van der Waals surface area contributed by atoms with Gasteiger partial charge in [-0.1, -0.05) is 19.3 Å². The van der Waals surface area contributed by atoms with Gasteiger partial charge < -0.3 is 4.74 Å². The van der Waals surface area contributed by atoms with Crippen molar-refractivity contribution in [2.24, 2.45) is 0 Å². The van der Waals surface area contributed by atoms with Crippen molar-refractivity contribution in [1.82, 2.24) is 15.1 Å². The normalized spacial score (nSPS) is 15.9. The van der Waals surface area contributed by atoms with E-state index in [9.17, 15) is 4.79 Å². The molecule has 7 heteroatoms. The van der Waals surface area contributed by atoms with Crippen LogP contribution in [0.15, 0.2) is 23.8 Å². The molecule has 1 aliphatic rings. The van der Waals surface area contributed by atoms with E-state index in [0.717, 1.165) is 18.5 Å². The number of hydrogen-bond acceptors (Lipinski definition) is 6. The zero-order valence-corrected chi connectivity index (χ0v) is 12.8. The van der Waals surface area contributed by atoms with Gasteiger partial charge in [-0.05, 0) is 29.5 Å².